The fraction of sp³-hybridized carbons (Fsp3) is 0.348. The van der Waals surface area contributed by atoms with E-state index >= 15 is 0 Å². The largest absolute Gasteiger partial charge is 0.469 e. The smallest absolute Gasteiger partial charge is 0.311 e. The summed E-state index contributed by atoms with van der Waals surface area (Å²) in [6.07, 6.45) is 3.66. The Morgan fingerprint density at radius 2 is 1.26 bits per heavy atom. The third-order valence-corrected chi connectivity index (χ3v) is 10.7. The topological polar surface area (TPSA) is 52.6 Å². The summed E-state index contributed by atoms with van der Waals surface area (Å²) in [5.74, 6) is -0.425. The van der Waals surface area contributed by atoms with Gasteiger partial charge in [-0.15, -0.1) is 0 Å². The van der Waals surface area contributed by atoms with Crippen molar-refractivity contribution >= 4 is 22.7 Å². The van der Waals surface area contributed by atoms with Crippen LogP contribution in [0.3, 0.4) is 0 Å². The summed E-state index contributed by atoms with van der Waals surface area (Å²) in [6, 6.07) is 46.1. The number of methoxy groups -OCH3 is 1. The predicted octanol–water partition coefficient (Wildman–Crippen LogP) is 11.1. The lowest BCUT2D eigenvalue weighted by molar-refractivity contribution is -0.157. The van der Waals surface area contributed by atoms with Gasteiger partial charge in [0, 0.05) is 5.41 Å². The maximum absolute atomic E-state index is 14.1. The minimum absolute atomic E-state index is 0.172. The second kappa shape index (κ2) is 16.8. The van der Waals surface area contributed by atoms with Crippen LogP contribution in [-0.4, -0.2) is 19.0 Å². The van der Waals surface area contributed by atoms with Crippen molar-refractivity contribution in [1.29, 1.82) is 0 Å². The van der Waals surface area contributed by atoms with E-state index in [4.69, 9.17) is 9.47 Å². The number of hydrogen-bond donors (Lipinski definition) is 0. The molecular formula is C46H52O4. The first kappa shape index (κ1) is 36.6. The van der Waals surface area contributed by atoms with Crippen LogP contribution in [0, 0.1) is 17.3 Å². The van der Waals surface area contributed by atoms with Crippen molar-refractivity contribution in [1.82, 2.24) is 0 Å². The van der Waals surface area contributed by atoms with Crippen LogP contribution < -0.4 is 0 Å². The Bertz CT molecular complexity index is 1770. The number of carbonyl (C=O) groups is 2. The van der Waals surface area contributed by atoms with Crippen molar-refractivity contribution in [2.45, 2.75) is 77.7 Å². The van der Waals surface area contributed by atoms with Gasteiger partial charge in [0.25, 0.3) is 0 Å². The molecule has 0 fully saturated rings. The Morgan fingerprint density at radius 3 is 1.86 bits per heavy atom. The molecule has 0 N–H and O–H groups in total. The quantitative estimate of drug-likeness (QED) is 0.0982. The number of ether oxygens (including phenoxy) is 2. The summed E-state index contributed by atoms with van der Waals surface area (Å²) in [4.78, 5) is 27.8. The molecule has 0 heterocycles. The van der Waals surface area contributed by atoms with Crippen molar-refractivity contribution in [3.8, 4) is 0 Å². The van der Waals surface area contributed by atoms with Gasteiger partial charge in [-0.25, -0.2) is 0 Å². The standard InChI is InChI=1S/C46H52O4/c1-6-34(2)29-39(36-19-10-7-11-20-36)31-46(40-24-12-8-13-25-40,41-26-14-9-15-27-41)33-45(4,44(48)49-5)30-35(3)43(47)50-32-38-23-18-22-37-21-16-17-28-42(37)38/h7-28,34-35,39H,6,29-33H2,1-5H3. The minimum Gasteiger partial charge on any atom is -0.469 e. The maximum atomic E-state index is 14.1. The molecule has 0 aromatic heterocycles. The maximum Gasteiger partial charge on any atom is 0.311 e. The molecule has 0 aliphatic heterocycles. The zero-order valence-electron chi connectivity index (χ0n) is 30.3. The number of carbonyl (C=O) groups excluding carboxylic acids is 2. The molecule has 0 aliphatic rings. The van der Waals surface area contributed by atoms with Gasteiger partial charge in [-0.3, -0.25) is 9.59 Å². The lowest BCUT2D eigenvalue weighted by Crippen LogP contribution is -2.42. The molecule has 5 aromatic rings. The normalized spacial score (nSPS) is 14.7. The van der Waals surface area contributed by atoms with E-state index in [0.717, 1.165) is 46.7 Å². The Balaban J connectivity index is 1.53. The van der Waals surface area contributed by atoms with E-state index in [1.807, 2.05) is 56.3 Å². The molecule has 0 amide bonds. The van der Waals surface area contributed by atoms with Gasteiger partial charge in [-0.05, 0) is 77.5 Å². The first-order valence-corrected chi connectivity index (χ1v) is 18.1. The molecule has 50 heavy (non-hydrogen) atoms. The van der Waals surface area contributed by atoms with E-state index in [0.29, 0.717) is 12.3 Å². The third kappa shape index (κ3) is 8.53. The molecule has 260 valence electrons. The Morgan fingerprint density at radius 1 is 0.700 bits per heavy atom. The van der Waals surface area contributed by atoms with Gasteiger partial charge in [-0.2, -0.15) is 0 Å². The summed E-state index contributed by atoms with van der Waals surface area (Å²) in [7, 11) is 1.45. The number of rotatable bonds is 16. The van der Waals surface area contributed by atoms with E-state index < -0.39 is 16.7 Å². The van der Waals surface area contributed by atoms with E-state index in [1.54, 1.807) is 0 Å². The number of hydrogen-bond acceptors (Lipinski definition) is 4. The lowest BCUT2D eigenvalue weighted by atomic mass is 9.59. The average molecular weight is 669 g/mol. The van der Waals surface area contributed by atoms with Crippen LogP contribution in [0.4, 0.5) is 0 Å². The summed E-state index contributed by atoms with van der Waals surface area (Å²) in [5.41, 5.74) is 2.99. The van der Waals surface area contributed by atoms with Crippen LogP contribution in [0.1, 0.15) is 88.0 Å². The van der Waals surface area contributed by atoms with Gasteiger partial charge in [0.1, 0.15) is 6.61 Å². The highest BCUT2D eigenvalue weighted by molar-refractivity contribution is 5.86. The zero-order valence-corrected chi connectivity index (χ0v) is 30.3. The summed E-state index contributed by atoms with van der Waals surface area (Å²) in [6.45, 7) is 8.59. The molecule has 0 saturated carbocycles. The lowest BCUT2D eigenvalue weighted by Gasteiger charge is -2.44. The summed E-state index contributed by atoms with van der Waals surface area (Å²) < 4.78 is 11.5. The number of esters is 2. The minimum atomic E-state index is -1.00. The molecule has 0 aliphatic carbocycles. The molecule has 0 bridgehead atoms. The Hall–Kier alpha value is -4.70. The predicted molar refractivity (Wildman–Crippen MR) is 204 cm³/mol. The molecule has 0 saturated heterocycles. The summed E-state index contributed by atoms with van der Waals surface area (Å²) >= 11 is 0. The first-order valence-electron chi connectivity index (χ1n) is 18.1. The van der Waals surface area contributed by atoms with Gasteiger partial charge in [0.15, 0.2) is 0 Å². The fourth-order valence-corrected chi connectivity index (χ4v) is 7.94. The van der Waals surface area contributed by atoms with Gasteiger partial charge >= 0.3 is 11.9 Å². The van der Waals surface area contributed by atoms with Crippen molar-refractivity contribution in [2.24, 2.45) is 17.3 Å². The average Bonchev–Trinajstić information content (AvgIpc) is 3.16. The molecule has 5 rings (SSSR count). The molecule has 0 radical (unpaired) electrons. The van der Waals surface area contributed by atoms with Crippen molar-refractivity contribution < 1.29 is 19.1 Å². The highest BCUT2D eigenvalue weighted by Crippen LogP contribution is 2.51. The van der Waals surface area contributed by atoms with Crippen molar-refractivity contribution in [3.05, 3.63) is 156 Å². The van der Waals surface area contributed by atoms with Crippen molar-refractivity contribution in [3.63, 3.8) is 0 Å². The number of fused-ring (bicyclic) bond motifs is 1. The van der Waals surface area contributed by atoms with Crippen LogP contribution in [0.25, 0.3) is 10.8 Å². The first-order chi connectivity index (χ1) is 24.2. The van der Waals surface area contributed by atoms with Crippen molar-refractivity contribution in [2.75, 3.05) is 7.11 Å². The van der Waals surface area contributed by atoms with E-state index in [2.05, 4.69) is 105 Å². The second-order valence-corrected chi connectivity index (χ2v) is 14.5. The Kier molecular flexibility index (Phi) is 12.3. The highest BCUT2D eigenvalue weighted by atomic mass is 16.5. The van der Waals surface area contributed by atoms with Gasteiger partial charge in [-0.1, -0.05) is 161 Å². The second-order valence-electron chi connectivity index (χ2n) is 14.5. The van der Waals surface area contributed by atoms with Gasteiger partial charge < -0.3 is 9.47 Å². The highest BCUT2D eigenvalue weighted by Gasteiger charge is 2.48. The molecule has 5 aromatic carbocycles. The number of benzene rings is 5. The van der Waals surface area contributed by atoms with E-state index in [9.17, 15) is 9.59 Å². The van der Waals surface area contributed by atoms with Crippen LogP contribution in [0.15, 0.2) is 133 Å². The molecule has 0 spiro atoms. The van der Waals surface area contributed by atoms with Crippen LogP contribution >= 0.6 is 0 Å². The zero-order chi connectivity index (χ0) is 35.6. The van der Waals surface area contributed by atoms with Gasteiger partial charge in [0.05, 0.1) is 18.4 Å². The molecular weight excluding hydrogens is 617 g/mol. The van der Waals surface area contributed by atoms with Gasteiger partial charge in [0.2, 0.25) is 0 Å². The van der Waals surface area contributed by atoms with Crippen LogP contribution in [0.2, 0.25) is 0 Å². The monoisotopic (exact) mass is 668 g/mol. The third-order valence-electron chi connectivity index (χ3n) is 10.7. The summed E-state index contributed by atoms with van der Waals surface area (Å²) in [5, 5.41) is 2.17. The fourth-order valence-electron chi connectivity index (χ4n) is 7.94. The molecule has 4 heteroatoms. The van der Waals surface area contributed by atoms with E-state index in [-0.39, 0.29) is 30.9 Å². The molecule has 4 atom stereocenters. The van der Waals surface area contributed by atoms with Crippen LogP contribution in [0.5, 0.6) is 0 Å². The molecule has 4 nitrogen and oxygen atoms in total. The van der Waals surface area contributed by atoms with Crippen LogP contribution in [-0.2, 0) is 31.1 Å². The van der Waals surface area contributed by atoms with E-state index in [1.165, 1.54) is 12.7 Å². The molecule has 4 unspecified atom stereocenters. The SMILES string of the molecule is CCC(C)CC(CC(CC(C)(CC(C)C(=O)OCc1cccc2ccccc12)C(=O)OC)(c1ccccc1)c1ccccc1)c1ccccc1. The Labute approximate surface area is 298 Å².